The van der Waals surface area contributed by atoms with Crippen molar-refractivity contribution in [2.45, 2.75) is 27.4 Å². The molecule has 1 rings (SSSR count). The van der Waals surface area contributed by atoms with Crippen LogP contribution in [0.2, 0.25) is 0 Å². The van der Waals surface area contributed by atoms with Crippen LogP contribution in [0.25, 0.3) is 0 Å². The molecule has 0 aliphatic heterocycles. The molecule has 1 aromatic carbocycles. The lowest BCUT2D eigenvalue weighted by Gasteiger charge is -2.13. The van der Waals surface area contributed by atoms with Gasteiger partial charge in [-0.2, -0.15) is 0 Å². The van der Waals surface area contributed by atoms with Crippen LogP contribution >= 0.6 is 0 Å². The van der Waals surface area contributed by atoms with E-state index in [4.69, 9.17) is 9.47 Å². The summed E-state index contributed by atoms with van der Waals surface area (Å²) in [5, 5.41) is 9.21. The van der Waals surface area contributed by atoms with Gasteiger partial charge >= 0.3 is 0 Å². The first kappa shape index (κ1) is 14.0. The van der Waals surface area contributed by atoms with E-state index in [9.17, 15) is 5.11 Å². The van der Waals surface area contributed by atoms with Crippen LogP contribution in [0.1, 0.15) is 25.0 Å². The number of hydrogen-bond donors (Lipinski definition) is 1. The lowest BCUT2D eigenvalue weighted by molar-refractivity contribution is 0.0810. The number of aliphatic hydroxyl groups is 1. The number of aliphatic hydroxyl groups excluding tert-OH is 1. The Bertz CT molecular complexity index is 334. The summed E-state index contributed by atoms with van der Waals surface area (Å²) in [6, 6.07) is 5.77. The predicted octanol–water partition coefficient (Wildman–Crippen LogP) is 2.54. The molecular weight excluding hydrogens is 216 g/mol. The van der Waals surface area contributed by atoms with Crippen LogP contribution in [0, 0.1) is 12.8 Å². The van der Waals surface area contributed by atoms with E-state index in [0.717, 1.165) is 23.5 Å². The predicted molar refractivity (Wildman–Crippen MR) is 68.3 cm³/mol. The molecule has 0 aliphatic carbocycles. The minimum atomic E-state index is 0.00383. The third-order valence-electron chi connectivity index (χ3n) is 2.39. The van der Waals surface area contributed by atoms with Crippen molar-refractivity contribution in [1.29, 1.82) is 0 Å². The van der Waals surface area contributed by atoms with Crippen molar-refractivity contribution in [3.63, 3.8) is 0 Å². The maximum Gasteiger partial charge on any atom is 0.127 e. The van der Waals surface area contributed by atoms with Crippen LogP contribution in [0.3, 0.4) is 0 Å². The van der Waals surface area contributed by atoms with Crippen molar-refractivity contribution in [2.24, 2.45) is 5.92 Å². The van der Waals surface area contributed by atoms with Gasteiger partial charge in [-0.05, 0) is 18.4 Å². The van der Waals surface area contributed by atoms with Crippen LogP contribution in [-0.2, 0) is 11.3 Å². The zero-order valence-corrected chi connectivity index (χ0v) is 10.9. The number of benzene rings is 1. The molecule has 0 heterocycles. The van der Waals surface area contributed by atoms with Crippen LogP contribution in [-0.4, -0.2) is 24.9 Å². The molecule has 0 atom stereocenters. The fraction of sp³-hybridized carbons (Fsp3) is 0.571. The smallest absolute Gasteiger partial charge is 0.127 e. The topological polar surface area (TPSA) is 38.7 Å². The summed E-state index contributed by atoms with van der Waals surface area (Å²) in [7, 11) is 0. The summed E-state index contributed by atoms with van der Waals surface area (Å²) in [5.74, 6) is 1.32. The second-order valence-electron chi connectivity index (χ2n) is 4.54. The molecule has 0 aliphatic rings. The second kappa shape index (κ2) is 7.30. The van der Waals surface area contributed by atoms with E-state index in [1.165, 1.54) is 0 Å². The van der Waals surface area contributed by atoms with Crippen molar-refractivity contribution in [3.8, 4) is 5.75 Å². The molecule has 3 heteroatoms. The van der Waals surface area contributed by atoms with Gasteiger partial charge in [-0.15, -0.1) is 0 Å². The van der Waals surface area contributed by atoms with Gasteiger partial charge in [0.1, 0.15) is 12.4 Å². The van der Waals surface area contributed by atoms with Crippen molar-refractivity contribution >= 4 is 0 Å². The third-order valence-corrected chi connectivity index (χ3v) is 2.39. The average molecular weight is 238 g/mol. The first-order valence-electron chi connectivity index (χ1n) is 6.05. The minimum absolute atomic E-state index is 0.00383. The first-order chi connectivity index (χ1) is 8.15. The molecule has 0 aromatic heterocycles. The molecule has 0 fully saturated rings. The SMILES string of the molecule is Cc1cccc(CO)c1OCCOCC(C)C. The number of ether oxygens (including phenoxy) is 2. The maximum absolute atomic E-state index is 9.21. The Morgan fingerprint density at radius 3 is 2.65 bits per heavy atom. The number of rotatable bonds is 7. The minimum Gasteiger partial charge on any atom is -0.491 e. The van der Waals surface area contributed by atoms with Crippen molar-refractivity contribution in [1.82, 2.24) is 0 Å². The molecule has 0 radical (unpaired) electrons. The Hall–Kier alpha value is -1.06. The number of para-hydroxylation sites is 1. The number of aryl methyl sites for hydroxylation is 1. The number of hydrogen-bond acceptors (Lipinski definition) is 3. The quantitative estimate of drug-likeness (QED) is 0.742. The summed E-state index contributed by atoms with van der Waals surface area (Å²) in [6.45, 7) is 8.07. The van der Waals surface area contributed by atoms with Crippen molar-refractivity contribution in [2.75, 3.05) is 19.8 Å². The zero-order chi connectivity index (χ0) is 12.7. The fourth-order valence-electron chi connectivity index (χ4n) is 1.57. The van der Waals surface area contributed by atoms with Crippen LogP contribution in [0.5, 0.6) is 5.75 Å². The molecule has 3 nitrogen and oxygen atoms in total. The molecule has 0 amide bonds. The van der Waals surface area contributed by atoms with E-state index in [1.54, 1.807) is 0 Å². The van der Waals surface area contributed by atoms with Crippen molar-refractivity contribution in [3.05, 3.63) is 29.3 Å². The maximum atomic E-state index is 9.21. The standard InChI is InChI=1S/C14H22O3/c1-11(2)10-16-7-8-17-14-12(3)5-4-6-13(14)9-15/h4-6,11,15H,7-10H2,1-3H3. The van der Waals surface area contributed by atoms with Gasteiger partial charge in [0.2, 0.25) is 0 Å². The fourth-order valence-corrected chi connectivity index (χ4v) is 1.57. The lowest BCUT2D eigenvalue weighted by Crippen LogP contribution is -2.11. The summed E-state index contributed by atoms with van der Waals surface area (Å²) in [4.78, 5) is 0. The molecule has 0 unspecified atom stereocenters. The molecule has 0 spiro atoms. The van der Waals surface area contributed by atoms with E-state index >= 15 is 0 Å². The normalized spacial score (nSPS) is 10.9. The average Bonchev–Trinajstić information content (AvgIpc) is 2.30. The van der Waals surface area contributed by atoms with Crippen LogP contribution in [0.4, 0.5) is 0 Å². The Balaban J connectivity index is 2.40. The van der Waals surface area contributed by atoms with Gasteiger partial charge in [-0.3, -0.25) is 0 Å². The highest BCUT2D eigenvalue weighted by Gasteiger charge is 2.05. The Morgan fingerprint density at radius 1 is 1.24 bits per heavy atom. The zero-order valence-electron chi connectivity index (χ0n) is 10.9. The van der Waals surface area contributed by atoms with E-state index in [0.29, 0.717) is 19.1 Å². The highest BCUT2D eigenvalue weighted by molar-refractivity contribution is 5.40. The van der Waals surface area contributed by atoms with Crippen LogP contribution in [0.15, 0.2) is 18.2 Å². The van der Waals surface area contributed by atoms with Gasteiger partial charge in [-0.25, -0.2) is 0 Å². The van der Waals surface area contributed by atoms with E-state index in [2.05, 4.69) is 13.8 Å². The van der Waals surface area contributed by atoms with Gasteiger partial charge in [0.15, 0.2) is 0 Å². The van der Waals surface area contributed by atoms with Gasteiger partial charge in [0.25, 0.3) is 0 Å². The van der Waals surface area contributed by atoms with Gasteiger partial charge < -0.3 is 14.6 Å². The monoisotopic (exact) mass is 238 g/mol. The molecule has 0 bridgehead atoms. The van der Waals surface area contributed by atoms with Gasteiger partial charge in [0, 0.05) is 12.2 Å². The van der Waals surface area contributed by atoms with E-state index in [1.807, 2.05) is 25.1 Å². The highest BCUT2D eigenvalue weighted by Crippen LogP contribution is 2.23. The lowest BCUT2D eigenvalue weighted by atomic mass is 10.1. The summed E-state index contributed by atoms with van der Waals surface area (Å²) in [6.07, 6.45) is 0. The first-order valence-corrected chi connectivity index (χ1v) is 6.05. The second-order valence-corrected chi connectivity index (χ2v) is 4.54. The summed E-state index contributed by atoms with van der Waals surface area (Å²) in [5.41, 5.74) is 1.87. The van der Waals surface area contributed by atoms with E-state index < -0.39 is 0 Å². The van der Waals surface area contributed by atoms with Crippen molar-refractivity contribution < 1.29 is 14.6 Å². The molecule has 1 aromatic rings. The third kappa shape index (κ3) is 4.75. The molecule has 1 N–H and O–H groups in total. The Kier molecular flexibility index (Phi) is 6.01. The largest absolute Gasteiger partial charge is 0.491 e. The molecule has 0 saturated heterocycles. The molecule has 17 heavy (non-hydrogen) atoms. The van der Waals surface area contributed by atoms with Gasteiger partial charge in [-0.1, -0.05) is 32.0 Å². The Morgan fingerprint density at radius 2 is 2.00 bits per heavy atom. The molecule has 96 valence electrons. The molecule has 0 saturated carbocycles. The van der Waals surface area contributed by atoms with Gasteiger partial charge in [0.05, 0.1) is 13.2 Å². The molecular formula is C14H22O3. The summed E-state index contributed by atoms with van der Waals surface area (Å²) >= 11 is 0. The van der Waals surface area contributed by atoms with E-state index in [-0.39, 0.29) is 6.61 Å². The van der Waals surface area contributed by atoms with Crippen LogP contribution < -0.4 is 4.74 Å². The highest BCUT2D eigenvalue weighted by atomic mass is 16.5. The summed E-state index contributed by atoms with van der Waals surface area (Å²) < 4.78 is 11.1. The Labute approximate surface area is 103 Å².